The number of fused-ring (bicyclic) bond motifs is 6. The van der Waals surface area contributed by atoms with Crippen molar-refractivity contribution >= 4 is 11.9 Å². The van der Waals surface area contributed by atoms with Crippen molar-refractivity contribution in [2.75, 3.05) is 0 Å². The zero-order valence-corrected chi connectivity index (χ0v) is 15.5. The molecule has 4 aliphatic carbocycles. The second-order valence-electron chi connectivity index (χ2n) is 10.5. The van der Waals surface area contributed by atoms with Crippen LogP contribution in [0.25, 0.3) is 0 Å². The maximum absolute atomic E-state index is 12.1. The second kappa shape index (κ2) is 4.80. The Morgan fingerprint density at radius 3 is 2.44 bits per heavy atom. The normalized spacial score (nSPS) is 52.7. The van der Waals surface area contributed by atoms with Crippen LogP contribution in [0.3, 0.4) is 0 Å². The maximum Gasteiger partial charge on any atom is 0.307 e. The van der Waals surface area contributed by atoms with Gasteiger partial charge in [-0.1, -0.05) is 13.8 Å². The Hall–Kier alpha value is -1.06. The van der Waals surface area contributed by atoms with E-state index < -0.39 is 5.97 Å². The van der Waals surface area contributed by atoms with Crippen LogP contribution in [0, 0.1) is 39.9 Å². The largest absolute Gasteiger partial charge is 0.481 e. The van der Waals surface area contributed by atoms with Crippen molar-refractivity contribution in [1.82, 2.24) is 5.32 Å². The van der Waals surface area contributed by atoms with Crippen molar-refractivity contribution in [3.05, 3.63) is 0 Å². The molecule has 4 heteroatoms. The van der Waals surface area contributed by atoms with Crippen molar-refractivity contribution in [2.24, 2.45) is 39.9 Å². The summed E-state index contributed by atoms with van der Waals surface area (Å²) in [6.07, 6.45) is 9.60. The monoisotopic (exact) mass is 345 g/mol. The highest BCUT2D eigenvalue weighted by Crippen LogP contribution is 2.72. The molecule has 4 saturated carbocycles. The Balaban J connectivity index is 1.52. The van der Waals surface area contributed by atoms with Crippen LogP contribution in [0.1, 0.15) is 71.6 Å². The van der Waals surface area contributed by atoms with E-state index in [0.717, 1.165) is 32.1 Å². The third-order valence-corrected chi connectivity index (χ3v) is 9.58. The van der Waals surface area contributed by atoms with Crippen LogP contribution in [0.2, 0.25) is 0 Å². The molecule has 0 aromatic rings. The average Bonchev–Trinajstić information content (AvgIpc) is 3.22. The minimum absolute atomic E-state index is 0.00973. The van der Waals surface area contributed by atoms with Gasteiger partial charge in [0.25, 0.3) is 0 Å². The van der Waals surface area contributed by atoms with E-state index in [1.54, 1.807) is 0 Å². The highest BCUT2D eigenvalue weighted by molar-refractivity contribution is 5.77. The molecule has 6 unspecified atom stereocenters. The molecule has 0 bridgehead atoms. The first-order valence-corrected chi connectivity index (χ1v) is 10.3. The molecule has 1 aliphatic heterocycles. The number of hydrogen-bond donors (Lipinski definition) is 2. The van der Waals surface area contributed by atoms with E-state index in [1.807, 2.05) is 0 Å². The first-order valence-electron chi connectivity index (χ1n) is 10.3. The molecule has 0 aromatic carbocycles. The molecule has 5 fully saturated rings. The lowest BCUT2D eigenvalue weighted by Crippen LogP contribution is -2.65. The quantitative estimate of drug-likeness (QED) is 0.763. The molecule has 0 aromatic heterocycles. The molecule has 25 heavy (non-hydrogen) atoms. The molecule has 5 rings (SSSR count). The van der Waals surface area contributed by atoms with E-state index in [9.17, 15) is 14.7 Å². The standard InChI is InChI=1S/C21H31NO3/c1-19-7-5-14-12(13(19)3-4-15(19)17(24)25)11-21(9-10-21)18-20(14,2)8-6-16(23)22-18/h12-15,18H,3-11H2,1-2H3,(H,22,23)(H,24,25)/t12?,13?,14?,15?,18?,19-,20?/m1/s1. The first-order chi connectivity index (χ1) is 11.8. The fraction of sp³-hybridized carbons (Fsp3) is 0.905. The van der Waals surface area contributed by atoms with E-state index in [2.05, 4.69) is 19.2 Å². The Morgan fingerprint density at radius 1 is 1.04 bits per heavy atom. The summed E-state index contributed by atoms with van der Waals surface area (Å²) in [5, 5.41) is 13.2. The number of rotatable bonds is 1. The molecule has 5 aliphatic rings. The second-order valence-corrected chi connectivity index (χ2v) is 10.5. The summed E-state index contributed by atoms with van der Waals surface area (Å²) in [5.41, 5.74) is 0.533. The number of carboxylic acids is 1. The molecule has 0 radical (unpaired) electrons. The van der Waals surface area contributed by atoms with E-state index in [1.165, 1.54) is 19.3 Å². The molecule has 7 atom stereocenters. The van der Waals surface area contributed by atoms with E-state index >= 15 is 0 Å². The minimum Gasteiger partial charge on any atom is -0.481 e. The summed E-state index contributed by atoms with van der Waals surface area (Å²) in [6, 6.07) is 0.364. The molecule has 1 heterocycles. The number of piperidine rings is 1. The SMILES string of the molecule is CC12CCC(=O)NC1C1(CC1)CC1C2CC[C@@]2(C)C(C(=O)O)CCC12. The van der Waals surface area contributed by atoms with Crippen LogP contribution >= 0.6 is 0 Å². The van der Waals surface area contributed by atoms with Gasteiger partial charge < -0.3 is 10.4 Å². The third-order valence-electron chi connectivity index (χ3n) is 9.58. The summed E-state index contributed by atoms with van der Waals surface area (Å²) in [4.78, 5) is 24.0. The molecular weight excluding hydrogens is 314 g/mol. The highest BCUT2D eigenvalue weighted by Gasteiger charge is 2.69. The first kappa shape index (κ1) is 16.1. The zero-order valence-electron chi connectivity index (χ0n) is 15.5. The lowest BCUT2D eigenvalue weighted by molar-refractivity contribution is -0.157. The van der Waals surface area contributed by atoms with E-state index in [4.69, 9.17) is 0 Å². The predicted octanol–water partition coefficient (Wildman–Crippen LogP) is 3.60. The van der Waals surface area contributed by atoms with Gasteiger partial charge in [0.2, 0.25) is 5.91 Å². The number of carbonyl (C=O) groups excluding carboxylic acids is 1. The Morgan fingerprint density at radius 2 is 1.76 bits per heavy atom. The number of carbonyl (C=O) groups is 2. The van der Waals surface area contributed by atoms with E-state index in [0.29, 0.717) is 35.6 Å². The number of nitrogens with one attached hydrogen (secondary N) is 1. The van der Waals surface area contributed by atoms with Gasteiger partial charge in [-0.15, -0.1) is 0 Å². The van der Waals surface area contributed by atoms with Gasteiger partial charge in [-0.05, 0) is 85.4 Å². The summed E-state index contributed by atoms with van der Waals surface area (Å²) in [7, 11) is 0. The minimum atomic E-state index is -0.575. The molecule has 4 nitrogen and oxygen atoms in total. The van der Waals surface area contributed by atoms with Gasteiger partial charge >= 0.3 is 5.97 Å². The lowest BCUT2D eigenvalue weighted by Gasteiger charge is -2.62. The van der Waals surface area contributed by atoms with Crippen LogP contribution in [0.15, 0.2) is 0 Å². The fourth-order valence-electron chi connectivity index (χ4n) is 8.21. The molecule has 1 saturated heterocycles. The van der Waals surface area contributed by atoms with Gasteiger partial charge in [0.15, 0.2) is 0 Å². The van der Waals surface area contributed by atoms with Crippen molar-refractivity contribution < 1.29 is 14.7 Å². The fourth-order valence-corrected chi connectivity index (χ4v) is 8.21. The summed E-state index contributed by atoms with van der Waals surface area (Å²) < 4.78 is 0. The Labute approximate surface area is 150 Å². The van der Waals surface area contributed by atoms with Crippen LogP contribution in [0.5, 0.6) is 0 Å². The van der Waals surface area contributed by atoms with Crippen molar-refractivity contribution in [2.45, 2.75) is 77.7 Å². The third kappa shape index (κ3) is 1.94. The van der Waals surface area contributed by atoms with Gasteiger partial charge in [-0.25, -0.2) is 0 Å². The van der Waals surface area contributed by atoms with Gasteiger partial charge in [0.1, 0.15) is 0 Å². The summed E-state index contributed by atoms with van der Waals surface area (Å²) in [5.74, 6) is 1.43. The molecular formula is C21H31NO3. The molecule has 1 amide bonds. The topological polar surface area (TPSA) is 66.4 Å². The predicted molar refractivity (Wildman–Crippen MR) is 93.7 cm³/mol. The number of carboxylic acid groups (broad SMARTS) is 1. The lowest BCUT2D eigenvalue weighted by atomic mass is 9.44. The average molecular weight is 345 g/mol. The Kier molecular flexibility index (Phi) is 3.10. The van der Waals surface area contributed by atoms with Gasteiger partial charge in [0, 0.05) is 12.5 Å². The van der Waals surface area contributed by atoms with Gasteiger partial charge in [-0.3, -0.25) is 9.59 Å². The number of amides is 1. The smallest absolute Gasteiger partial charge is 0.307 e. The zero-order chi connectivity index (χ0) is 17.6. The van der Waals surface area contributed by atoms with E-state index in [-0.39, 0.29) is 22.7 Å². The van der Waals surface area contributed by atoms with Crippen molar-refractivity contribution in [3.63, 3.8) is 0 Å². The highest BCUT2D eigenvalue weighted by atomic mass is 16.4. The van der Waals surface area contributed by atoms with Gasteiger partial charge in [0.05, 0.1) is 5.92 Å². The number of aliphatic carboxylic acids is 1. The molecule has 1 spiro atoms. The Bertz CT molecular complexity index is 641. The van der Waals surface area contributed by atoms with Crippen LogP contribution in [0.4, 0.5) is 0 Å². The number of hydrogen-bond acceptors (Lipinski definition) is 2. The summed E-state index contributed by atoms with van der Waals surface area (Å²) in [6.45, 7) is 4.72. The molecule has 138 valence electrons. The van der Waals surface area contributed by atoms with Crippen LogP contribution in [-0.2, 0) is 9.59 Å². The molecule has 2 N–H and O–H groups in total. The van der Waals surface area contributed by atoms with Gasteiger partial charge in [-0.2, -0.15) is 0 Å². The van der Waals surface area contributed by atoms with Crippen LogP contribution < -0.4 is 5.32 Å². The van der Waals surface area contributed by atoms with Crippen molar-refractivity contribution in [1.29, 1.82) is 0 Å². The summed E-state index contributed by atoms with van der Waals surface area (Å²) >= 11 is 0. The maximum atomic E-state index is 12.1. The van der Waals surface area contributed by atoms with Crippen molar-refractivity contribution in [3.8, 4) is 0 Å². The van der Waals surface area contributed by atoms with Crippen LogP contribution in [-0.4, -0.2) is 23.0 Å².